The summed E-state index contributed by atoms with van der Waals surface area (Å²) in [5.74, 6) is 1.12. The molecule has 24 heavy (non-hydrogen) atoms. The summed E-state index contributed by atoms with van der Waals surface area (Å²) in [5, 5.41) is 0. The number of rotatable bonds is 8. The third-order valence-electron chi connectivity index (χ3n) is 4.48. The highest BCUT2D eigenvalue weighted by Gasteiger charge is 2.25. The third-order valence-corrected chi connectivity index (χ3v) is 4.48. The van der Waals surface area contributed by atoms with Crippen molar-refractivity contribution in [2.24, 2.45) is 0 Å². The fourth-order valence-electron chi connectivity index (χ4n) is 3.26. The molecule has 0 fully saturated rings. The fraction of sp³-hybridized carbons (Fsp3) is 0.632. The Labute approximate surface area is 145 Å². The molecule has 2 heterocycles. The number of benzene rings is 1. The minimum absolute atomic E-state index is 0.316. The average molecular weight is 330 g/mol. The van der Waals surface area contributed by atoms with Crippen LogP contribution < -0.4 is 4.90 Å². The summed E-state index contributed by atoms with van der Waals surface area (Å²) in [4.78, 5) is 9.81. The number of nitrogens with zero attached hydrogens (tertiary/aromatic N) is 4. The van der Waals surface area contributed by atoms with Gasteiger partial charge in [-0.15, -0.1) is 0 Å². The third kappa shape index (κ3) is 3.90. The van der Waals surface area contributed by atoms with Crippen LogP contribution in [0.1, 0.15) is 40.0 Å². The zero-order valence-corrected chi connectivity index (χ0v) is 15.2. The van der Waals surface area contributed by atoms with E-state index in [2.05, 4.69) is 59.4 Å². The first-order chi connectivity index (χ1) is 11.7. The molecule has 0 N–H and O–H groups in total. The maximum absolute atomic E-state index is 5.69. The molecular formula is C19H30N4O. The molecule has 5 heteroatoms. The molecule has 1 aromatic carbocycles. The molecule has 0 amide bonds. The van der Waals surface area contributed by atoms with Crippen molar-refractivity contribution in [3.63, 3.8) is 0 Å². The normalized spacial score (nSPS) is 15.4. The van der Waals surface area contributed by atoms with Gasteiger partial charge in [0.15, 0.2) is 0 Å². The van der Waals surface area contributed by atoms with Crippen LogP contribution in [0.25, 0.3) is 11.0 Å². The zero-order valence-electron chi connectivity index (χ0n) is 15.2. The Morgan fingerprint density at radius 3 is 2.75 bits per heavy atom. The van der Waals surface area contributed by atoms with Crippen molar-refractivity contribution >= 4 is 17.0 Å². The highest BCUT2D eigenvalue weighted by Crippen LogP contribution is 2.27. The van der Waals surface area contributed by atoms with Gasteiger partial charge in [0, 0.05) is 19.7 Å². The van der Waals surface area contributed by atoms with Gasteiger partial charge < -0.3 is 9.64 Å². The van der Waals surface area contributed by atoms with Crippen LogP contribution in [0.15, 0.2) is 24.3 Å². The smallest absolute Gasteiger partial charge is 0.208 e. The van der Waals surface area contributed by atoms with Crippen molar-refractivity contribution in [1.29, 1.82) is 0 Å². The maximum Gasteiger partial charge on any atom is 0.208 e. The number of hydrogen-bond acceptors (Lipinski definition) is 4. The Balaban J connectivity index is 1.74. The molecule has 1 aliphatic heterocycles. The summed E-state index contributed by atoms with van der Waals surface area (Å²) >= 11 is 0. The molecule has 1 aromatic heterocycles. The van der Waals surface area contributed by atoms with Crippen LogP contribution >= 0.6 is 0 Å². The van der Waals surface area contributed by atoms with Crippen LogP contribution in [-0.2, 0) is 11.4 Å². The van der Waals surface area contributed by atoms with Crippen LogP contribution in [0.4, 0.5) is 5.95 Å². The second-order valence-electron chi connectivity index (χ2n) is 6.90. The average Bonchev–Trinajstić information content (AvgIpc) is 2.95. The predicted molar refractivity (Wildman–Crippen MR) is 99.3 cm³/mol. The molecule has 0 saturated carbocycles. The first kappa shape index (κ1) is 17.2. The van der Waals surface area contributed by atoms with Crippen LogP contribution in [0.2, 0.25) is 0 Å². The van der Waals surface area contributed by atoms with E-state index in [0.717, 1.165) is 50.9 Å². The molecule has 0 aliphatic carbocycles. The molecule has 2 aromatic rings. The van der Waals surface area contributed by atoms with Crippen molar-refractivity contribution in [3.05, 3.63) is 24.3 Å². The molecule has 0 saturated heterocycles. The standard InChI is InChI=1S/C19H30N4O/c1-4-5-12-22-14-21(11-8-13-24-16(2)3)15-23-18-10-7-6-9-17(18)20-19(22)23/h6-7,9-10,16H,4-5,8,11-15H2,1-3H3. The van der Waals surface area contributed by atoms with Gasteiger partial charge in [0.05, 0.1) is 30.5 Å². The molecular weight excluding hydrogens is 300 g/mol. The number of imidazole rings is 1. The summed E-state index contributed by atoms with van der Waals surface area (Å²) < 4.78 is 8.05. The second kappa shape index (κ2) is 7.99. The van der Waals surface area contributed by atoms with E-state index in [1.807, 2.05) is 0 Å². The Morgan fingerprint density at radius 2 is 1.96 bits per heavy atom. The van der Waals surface area contributed by atoms with Crippen molar-refractivity contribution in [3.8, 4) is 0 Å². The fourth-order valence-corrected chi connectivity index (χ4v) is 3.26. The van der Waals surface area contributed by atoms with E-state index < -0.39 is 0 Å². The highest BCUT2D eigenvalue weighted by molar-refractivity contribution is 5.79. The number of unbranched alkanes of at least 4 members (excludes halogenated alkanes) is 1. The number of anilines is 1. The van der Waals surface area contributed by atoms with Crippen molar-refractivity contribution < 1.29 is 4.74 Å². The molecule has 0 spiro atoms. The molecule has 3 rings (SSSR count). The summed E-state index contributed by atoms with van der Waals surface area (Å²) in [6.45, 7) is 11.3. The summed E-state index contributed by atoms with van der Waals surface area (Å²) in [6, 6.07) is 8.45. The van der Waals surface area contributed by atoms with E-state index in [-0.39, 0.29) is 0 Å². The lowest BCUT2D eigenvalue weighted by atomic mass is 10.3. The minimum atomic E-state index is 0.316. The van der Waals surface area contributed by atoms with Crippen LogP contribution in [-0.4, -0.2) is 46.9 Å². The van der Waals surface area contributed by atoms with Gasteiger partial charge in [-0.1, -0.05) is 25.5 Å². The van der Waals surface area contributed by atoms with Crippen molar-refractivity contribution in [2.75, 3.05) is 31.3 Å². The largest absolute Gasteiger partial charge is 0.379 e. The Bertz CT molecular complexity index is 652. The molecule has 0 atom stereocenters. The summed E-state index contributed by atoms with van der Waals surface area (Å²) in [5.41, 5.74) is 2.33. The number of ether oxygens (including phenoxy) is 1. The van der Waals surface area contributed by atoms with Gasteiger partial charge in [-0.2, -0.15) is 0 Å². The molecule has 5 nitrogen and oxygen atoms in total. The van der Waals surface area contributed by atoms with Gasteiger partial charge in [-0.3, -0.25) is 9.47 Å². The zero-order chi connectivity index (χ0) is 16.9. The number of para-hydroxylation sites is 2. The minimum Gasteiger partial charge on any atom is -0.379 e. The Hall–Kier alpha value is -1.59. The number of hydrogen-bond donors (Lipinski definition) is 0. The first-order valence-electron chi connectivity index (χ1n) is 9.23. The van der Waals surface area contributed by atoms with Crippen LogP contribution in [0, 0.1) is 0 Å². The molecule has 1 aliphatic rings. The SMILES string of the molecule is CCCCN1CN(CCCOC(C)C)Cn2c1nc1ccccc12. The van der Waals surface area contributed by atoms with E-state index in [0.29, 0.717) is 6.10 Å². The highest BCUT2D eigenvalue weighted by atomic mass is 16.5. The van der Waals surface area contributed by atoms with E-state index in [9.17, 15) is 0 Å². The first-order valence-corrected chi connectivity index (χ1v) is 9.23. The second-order valence-corrected chi connectivity index (χ2v) is 6.90. The van der Waals surface area contributed by atoms with Gasteiger partial charge in [-0.05, 0) is 38.8 Å². The van der Waals surface area contributed by atoms with Gasteiger partial charge >= 0.3 is 0 Å². The molecule has 0 unspecified atom stereocenters. The summed E-state index contributed by atoms with van der Waals surface area (Å²) in [6.07, 6.45) is 3.80. The van der Waals surface area contributed by atoms with Crippen molar-refractivity contribution in [2.45, 2.75) is 52.8 Å². The predicted octanol–water partition coefficient (Wildman–Crippen LogP) is 3.69. The van der Waals surface area contributed by atoms with E-state index >= 15 is 0 Å². The molecule has 0 radical (unpaired) electrons. The van der Waals surface area contributed by atoms with Crippen LogP contribution in [0.3, 0.4) is 0 Å². The molecule has 0 bridgehead atoms. The van der Waals surface area contributed by atoms with E-state index in [1.165, 1.54) is 18.4 Å². The topological polar surface area (TPSA) is 33.5 Å². The van der Waals surface area contributed by atoms with Gasteiger partial charge in [-0.25, -0.2) is 4.98 Å². The quantitative estimate of drug-likeness (QED) is 0.691. The number of fused-ring (bicyclic) bond motifs is 3. The van der Waals surface area contributed by atoms with Crippen LogP contribution in [0.5, 0.6) is 0 Å². The molecule has 132 valence electrons. The lowest BCUT2D eigenvalue weighted by molar-refractivity contribution is 0.0668. The van der Waals surface area contributed by atoms with Gasteiger partial charge in [0.1, 0.15) is 0 Å². The monoisotopic (exact) mass is 330 g/mol. The van der Waals surface area contributed by atoms with E-state index in [1.54, 1.807) is 0 Å². The maximum atomic E-state index is 5.69. The Kier molecular flexibility index (Phi) is 5.74. The van der Waals surface area contributed by atoms with Gasteiger partial charge in [0.25, 0.3) is 0 Å². The lowest BCUT2D eigenvalue weighted by Gasteiger charge is -2.37. The number of aromatic nitrogens is 2. The summed E-state index contributed by atoms with van der Waals surface area (Å²) in [7, 11) is 0. The van der Waals surface area contributed by atoms with Crippen molar-refractivity contribution in [1.82, 2.24) is 14.5 Å². The van der Waals surface area contributed by atoms with E-state index in [4.69, 9.17) is 9.72 Å². The Morgan fingerprint density at radius 1 is 1.12 bits per heavy atom. The van der Waals surface area contributed by atoms with Gasteiger partial charge in [0.2, 0.25) is 5.95 Å². The lowest BCUT2D eigenvalue weighted by Crippen LogP contribution is -2.46.